The van der Waals surface area contributed by atoms with Crippen molar-refractivity contribution in [3.8, 4) is 0 Å². The minimum absolute atomic E-state index is 0.0941. The van der Waals surface area contributed by atoms with E-state index in [2.05, 4.69) is 10.3 Å². The Kier molecular flexibility index (Phi) is 4.71. The van der Waals surface area contributed by atoms with Crippen LogP contribution in [0.5, 0.6) is 0 Å². The first kappa shape index (κ1) is 15.4. The molecule has 3 rings (SSSR count). The SMILES string of the molecule is O=C(N[C@H]1CCOC2(CCOCC2)C1)c1cc(CO)ccn1. The fourth-order valence-corrected chi connectivity index (χ4v) is 3.20. The molecular weight excluding hydrogens is 284 g/mol. The summed E-state index contributed by atoms with van der Waals surface area (Å²) in [6.07, 6.45) is 4.95. The minimum Gasteiger partial charge on any atom is -0.392 e. The van der Waals surface area contributed by atoms with Crippen molar-refractivity contribution in [1.82, 2.24) is 10.3 Å². The van der Waals surface area contributed by atoms with Crippen LogP contribution < -0.4 is 5.32 Å². The molecule has 3 heterocycles. The van der Waals surface area contributed by atoms with Gasteiger partial charge in [-0.3, -0.25) is 9.78 Å². The normalized spacial score (nSPS) is 24.1. The maximum absolute atomic E-state index is 12.3. The zero-order valence-corrected chi connectivity index (χ0v) is 12.6. The number of carbonyl (C=O) groups excluding carboxylic acids is 1. The standard InChI is InChI=1S/C16H22N2O4/c19-11-12-1-5-17-14(9-12)15(20)18-13-2-6-22-16(10-13)3-7-21-8-4-16/h1,5,9,13,19H,2-4,6-8,10-11H2,(H,18,20)/t13-/m0/s1. The van der Waals surface area contributed by atoms with Crippen LogP contribution in [0.25, 0.3) is 0 Å². The highest BCUT2D eigenvalue weighted by Crippen LogP contribution is 2.34. The first-order valence-corrected chi connectivity index (χ1v) is 7.79. The van der Waals surface area contributed by atoms with Crippen LogP contribution in [0.4, 0.5) is 0 Å². The van der Waals surface area contributed by atoms with E-state index in [1.807, 2.05) is 0 Å². The van der Waals surface area contributed by atoms with Gasteiger partial charge in [0.15, 0.2) is 0 Å². The summed E-state index contributed by atoms with van der Waals surface area (Å²) in [5, 5.41) is 12.2. The lowest BCUT2D eigenvalue weighted by molar-refractivity contribution is -0.139. The number of nitrogens with one attached hydrogen (secondary N) is 1. The Bertz CT molecular complexity index is 523. The highest BCUT2D eigenvalue weighted by atomic mass is 16.5. The highest BCUT2D eigenvalue weighted by Gasteiger charge is 2.39. The van der Waals surface area contributed by atoms with E-state index in [1.54, 1.807) is 18.3 Å². The molecule has 2 aliphatic heterocycles. The summed E-state index contributed by atoms with van der Waals surface area (Å²) in [5.74, 6) is -0.190. The van der Waals surface area contributed by atoms with Gasteiger partial charge in [-0.1, -0.05) is 0 Å². The molecule has 0 radical (unpaired) electrons. The quantitative estimate of drug-likeness (QED) is 0.872. The maximum Gasteiger partial charge on any atom is 0.270 e. The highest BCUT2D eigenvalue weighted by molar-refractivity contribution is 5.92. The van der Waals surface area contributed by atoms with E-state index in [9.17, 15) is 4.79 Å². The predicted molar refractivity (Wildman–Crippen MR) is 79.4 cm³/mol. The van der Waals surface area contributed by atoms with Crippen LogP contribution in [0, 0.1) is 0 Å². The molecule has 2 N–H and O–H groups in total. The summed E-state index contributed by atoms with van der Waals surface area (Å²) in [6.45, 7) is 2.01. The molecule has 2 saturated heterocycles. The third kappa shape index (κ3) is 3.45. The van der Waals surface area contributed by atoms with Crippen LogP contribution in [0.3, 0.4) is 0 Å². The van der Waals surface area contributed by atoms with Crippen LogP contribution in [0.2, 0.25) is 0 Å². The van der Waals surface area contributed by atoms with Gasteiger partial charge in [0.1, 0.15) is 5.69 Å². The van der Waals surface area contributed by atoms with Gasteiger partial charge >= 0.3 is 0 Å². The van der Waals surface area contributed by atoms with E-state index in [4.69, 9.17) is 14.6 Å². The number of rotatable bonds is 3. The summed E-state index contributed by atoms with van der Waals surface area (Å²) >= 11 is 0. The molecule has 0 aliphatic carbocycles. The number of amides is 1. The van der Waals surface area contributed by atoms with E-state index in [-0.39, 0.29) is 24.2 Å². The van der Waals surface area contributed by atoms with Crippen molar-refractivity contribution >= 4 is 5.91 Å². The first-order valence-electron chi connectivity index (χ1n) is 7.79. The molecule has 0 bridgehead atoms. The minimum atomic E-state index is -0.190. The molecule has 0 unspecified atom stereocenters. The van der Waals surface area contributed by atoms with Gasteiger partial charge in [0.2, 0.25) is 0 Å². The van der Waals surface area contributed by atoms with Gasteiger partial charge < -0.3 is 19.9 Å². The number of nitrogens with zero attached hydrogens (tertiary/aromatic N) is 1. The van der Waals surface area contributed by atoms with E-state index in [0.29, 0.717) is 17.9 Å². The van der Waals surface area contributed by atoms with Crippen molar-refractivity contribution in [3.05, 3.63) is 29.6 Å². The van der Waals surface area contributed by atoms with Gasteiger partial charge in [-0.15, -0.1) is 0 Å². The number of ether oxygens (including phenoxy) is 2. The monoisotopic (exact) mass is 306 g/mol. The van der Waals surface area contributed by atoms with Gasteiger partial charge in [0.25, 0.3) is 5.91 Å². The molecule has 1 aromatic heterocycles. The average molecular weight is 306 g/mol. The molecule has 22 heavy (non-hydrogen) atoms. The molecule has 2 fully saturated rings. The number of carbonyl (C=O) groups is 1. The Labute approximate surface area is 129 Å². The van der Waals surface area contributed by atoms with Gasteiger partial charge in [-0.05, 0) is 43.4 Å². The van der Waals surface area contributed by atoms with Crippen molar-refractivity contribution in [2.75, 3.05) is 19.8 Å². The molecule has 1 aromatic rings. The number of pyridine rings is 1. The molecular formula is C16H22N2O4. The molecule has 0 saturated carbocycles. The Morgan fingerprint density at radius 2 is 2.23 bits per heavy atom. The summed E-state index contributed by atoms with van der Waals surface area (Å²) in [6, 6.07) is 3.42. The van der Waals surface area contributed by atoms with Gasteiger partial charge in [-0.2, -0.15) is 0 Å². The maximum atomic E-state index is 12.3. The molecule has 2 aliphatic rings. The summed E-state index contributed by atoms with van der Waals surface area (Å²) in [7, 11) is 0. The van der Waals surface area contributed by atoms with Crippen LogP contribution in [-0.2, 0) is 16.1 Å². The Morgan fingerprint density at radius 1 is 1.41 bits per heavy atom. The fraction of sp³-hybridized carbons (Fsp3) is 0.625. The predicted octanol–water partition coefficient (Wildman–Crippen LogP) is 1.03. The lowest BCUT2D eigenvalue weighted by Crippen LogP contribution is -2.51. The number of hydrogen-bond acceptors (Lipinski definition) is 5. The topological polar surface area (TPSA) is 80.7 Å². The lowest BCUT2D eigenvalue weighted by Gasteiger charge is -2.43. The van der Waals surface area contributed by atoms with Crippen molar-refractivity contribution in [1.29, 1.82) is 0 Å². The Hall–Kier alpha value is -1.50. The number of aliphatic hydroxyl groups excluding tert-OH is 1. The van der Waals surface area contributed by atoms with Gasteiger partial charge in [0, 0.05) is 32.1 Å². The molecule has 1 spiro atoms. The first-order chi connectivity index (χ1) is 10.7. The molecule has 1 amide bonds. The molecule has 6 heteroatoms. The van der Waals surface area contributed by atoms with Crippen molar-refractivity contribution in [3.63, 3.8) is 0 Å². The Morgan fingerprint density at radius 3 is 3.00 bits per heavy atom. The molecule has 0 aromatic carbocycles. The average Bonchev–Trinajstić information content (AvgIpc) is 2.55. The zero-order valence-electron chi connectivity index (χ0n) is 12.6. The van der Waals surface area contributed by atoms with Gasteiger partial charge in [-0.25, -0.2) is 0 Å². The molecule has 6 nitrogen and oxygen atoms in total. The van der Waals surface area contributed by atoms with E-state index >= 15 is 0 Å². The fourth-order valence-electron chi connectivity index (χ4n) is 3.20. The zero-order chi connectivity index (χ0) is 15.4. The second kappa shape index (κ2) is 6.73. The van der Waals surface area contributed by atoms with Crippen molar-refractivity contribution in [2.45, 2.75) is 43.9 Å². The lowest BCUT2D eigenvalue weighted by atomic mass is 9.84. The van der Waals surface area contributed by atoms with Crippen LogP contribution in [0.1, 0.15) is 41.7 Å². The summed E-state index contributed by atoms with van der Waals surface area (Å²) in [4.78, 5) is 16.4. The van der Waals surface area contributed by atoms with Crippen molar-refractivity contribution < 1.29 is 19.4 Å². The molecule has 120 valence electrons. The second-order valence-corrected chi connectivity index (χ2v) is 6.01. The third-order valence-corrected chi connectivity index (χ3v) is 4.47. The van der Waals surface area contributed by atoms with Gasteiger partial charge in [0.05, 0.1) is 12.2 Å². The van der Waals surface area contributed by atoms with Crippen LogP contribution in [0.15, 0.2) is 18.3 Å². The second-order valence-electron chi connectivity index (χ2n) is 6.01. The molecule has 1 atom stereocenters. The largest absolute Gasteiger partial charge is 0.392 e. The van der Waals surface area contributed by atoms with Crippen LogP contribution in [-0.4, -0.2) is 47.5 Å². The van der Waals surface area contributed by atoms with E-state index in [1.165, 1.54) is 0 Å². The van der Waals surface area contributed by atoms with E-state index in [0.717, 1.165) is 38.9 Å². The summed E-state index contributed by atoms with van der Waals surface area (Å²) in [5.41, 5.74) is 0.890. The summed E-state index contributed by atoms with van der Waals surface area (Å²) < 4.78 is 11.4. The van der Waals surface area contributed by atoms with E-state index < -0.39 is 0 Å². The van der Waals surface area contributed by atoms with Crippen LogP contribution >= 0.6 is 0 Å². The van der Waals surface area contributed by atoms with Crippen molar-refractivity contribution in [2.24, 2.45) is 0 Å². The number of aliphatic hydroxyl groups is 1. The smallest absolute Gasteiger partial charge is 0.270 e. The third-order valence-electron chi connectivity index (χ3n) is 4.47. The number of aromatic nitrogens is 1. The number of hydrogen-bond donors (Lipinski definition) is 2. The Balaban J connectivity index is 1.63.